The third-order valence-electron chi connectivity index (χ3n) is 19.6. The van der Waals surface area contributed by atoms with Crippen LogP contribution in [-0.4, -0.2) is 73.8 Å². The van der Waals surface area contributed by atoms with Gasteiger partial charge >= 0.3 is 0 Å². The second kappa shape index (κ2) is 21.5. The van der Waals surface area contributed by atoms with Crippen molar-refractivity contribution in [3.05, 3.63) is 120 Å². The number of nitrogens with zero attached hydrogens (tertiary/aromatic N) is 11. The molecule has 0 amide bonds. The maximum atomic E-state index is 7.74. The molecule has 0 bridgehead atoms. The molecular formula is C67H84N14O4. The van der Waals surface area contributed by atoms with E-state index >= 15 is 0 Å². The zero-order valence-corrected chi connectivity index (χ0v) is 52.3. The molecule has 0 fully saturated rings. The quantitative estimate of drug-likeness (QED) is 0.0812. The lowest BCUT2D eigenvalue weighted by molar-refractivity contribution is 0.263. The van der Waals surface area contributed by atoms with Crippen LogP contribution in [0.4, 0.5) is 0 Å². The molecule has 3 aliphatic carbocycles. The van der Waals surface area contributed by atoms with Gasteiger partial charge in [0, 0.05) is 89.3 Å². The first-order chi connectivity index (χ1) is 40.3. The summed E-state index contributed by atoms with van der Waals surface area (Å²) >= 11 is 0. The van der Waals surface area contributed by atoms with Crippen molar-refractivity contribution in [3.63, 3.8) is 0 Å². The first-order valence-electron chi connectivity index (χ1n) is 30.5. The summed E-state index contributed by atoms with van der Waals surface area (Å²) in [6, 6.07) is 11.9. The highest BCUT2D eigenvalue weighted by atomic mass is 16.5. The zero-order valence-electron chi connectivity index (χ0n) is 52.3. The number of hydrogen-bond donors (Lipinski definition) is 3. The van der Waals surface area contributed by atoms with Gasteiger partial charge in [-0.05, 0) is 221 Å². The average Bonchev–Trinajstić information content (AvgIpc) is 1.33. The van der Waals surface area contributed by atoms with E-state index in [-0.39, 0.29) is 22.8 Å². The molecule has 18 nitrogen and oxygen atoms in total. The highest BCUT2D eigenvalue weighted by Gasteiger charge is 2.45. The van der Waals surface area contributed by atoms with Crippen molar-refractivity contribution in [2.45, 2.75) is 184 Å². The number of hydrogen-bond acceptors (Lipinski definition) is 16. The van der Waals surface area contributed by atoms with Crippen molar-refractivity contribution in [2.75, 3.05) is 6.54 Å². The van der Waals surface area contributed by atoms with E-state index in [0.29, 0.717) is 66.5 Å². The molecule has 6 aromatic heterocycles. The topological polar surface area (TPSA) is 256 Å². The Morgan fingerprint density at radius 3 is 1.26 bits per heavy atom. The minimum absolute atomic E-state index is 0.157. The Kier molecular flexibility index (Phi) is 14.7. The number of nitrogens with two attached hydrogens (primary N) is 3. The Morgan fingerprint density at radius 1 is 0.494 bits per heavy atom. The molecule has 9 aromatic rings. The van der Waals surface area contributed by atoms with Crippen LogP contribution in [0.3, 0.4) is 0 Å². The van der Waals surface area contributed by atoms with Gasteiger partial charge in [0.25, 0.3) is 17.7 Å². The average molecular weight is 1150 g/mol. The van der Waals surface area contributed by atoms with Gasteiger partial charge in [0.2, 0.25) is 17.5 Å². The molecule has 3 atom stereocenters. The van der Waals surface area contributed by atoms with Gasteiger partial charge < -0.3 is 35.3 Å². The molecule has 0 spiro atoms. The standard InChI is InChI=1S/C67H84N14O4/c1-35-25-41(58-71-61(83-77-58)55-46-19-22-64(7,8)31-49(46)80(13)74-55)26-36(2)44(35)15-17-52(69)67(34-68,54-39(5)29-43(30-40(54)6)60-72-62(84-78-60)56-47-20-23-65(9,10)32-50(47)81(14)75-56)53(70)18-16-45-37(3)27-42(28-38(45)4)59-73-63(85-79-59)57-48-21-24-66(11,12)33-51(48)82-76-57/h25-30,52-53H,15-24,31-34,68-70H2,1-14H3. The van der Waals surface area contributed by atoms with E-state index in [4.69, 9.17) is 60.4 Å². The van der Waals surface area contributed by atoms with Crippen molar-refractivity contribution in [1.82, 2.24) is 55.1 Å². The Labute approximate surface area is 498 Å². The van der Waals surface area contributed by atoms with Crippen LogP contribution in [0.2, 0.25) is 0 Å². The molecule has 18 heteroatoms. The van der Waals surface area contributed by atoms with Gasteiger partial charge in [0.15, 0.2) is 17.1 Å². The third-order valence-corrected chi connectivity index (χ3v) is 19.6. The molecule has 6 heterocycles. The van der Waals surface area contributed by atoms with Crippen molar-refractivity contribution >= 4 is 0 Å². The fraction of sp³-hybridized carbons (Fsp3) is 0.507. The highest BCUT2D eigenvalue weighted by molar-refractivity contribution is 5.67. The summed E-state index contributed by atoms with van der Waals surface area (Å²) in [6.45, 7) is 26.8. The van der Waals surface area contributed by atoms with Crippen LogP contribution < -0.4 is 17.2 Å². The fourth-order valence-corrected chi connectivity index (χ4v) is 14.8. The number of aromatic nitrogens is 11. The van der Waals surface area contributed by atoms with Gasteiger partial charge in [-0.1, -0.05) is 62.2 Å². The van der Waals surface area contributed by atoms with Gasteiger partial charge in [0.1, 0.15) is 5.76 Å². The molecule has 3 aromatic carbocycles. The third kappa shape index (κ3) is 10.6. The summed E-state index contributed by atoms with van der Waals surface area (Å²) < 4.78 is 27.6. The molecule has 0 radical (unpaired) electrons. The first kappa shape index (κ1) is 58.0. The molecule has 0 saturated carbocycles. The molecule has 0 aliphatic heterocycles. The smallest absolute Gasteiger partial charge is 0.280 e. The zero-order chi connectivity index (χ0) is 60.2. The Balaban J connectivity index is 0.830. The van der Waals surface area contributed by atoms with E-state index in [0.717, 1.165) is 136 Å². The van der Waals surface area contributed by atoms with Crippen molar-refractivity contribution in [1.29, 1.82) is 0 Å². The molecule has 446 valence electrons. The van der Waals surface area contributed by atoms with Gasteiger partial charge in [-0.15, -0.1) is 0 Å². The molecule has 12 rings (SSSR count). The molecular weight excluding hydrogens is 1060 g/mol. The lowest BCUT2D eigenvalue weighted by atomic mass is 9.63. The molecule has 3 unspecified atom stereocenters. The lowest BCUT2D eigenvalue weighted by Gasteiger charge is -2.45. The van der Waals surface area contributed by atoms with Crippen LogP contribution in [0, 0.1) is 57.8 Å². The van der Waals surface area contributed by atoms with E-state index in [2.05, 4.69) is 140 Å². The maximum absolute atomic E-state index is 7.74. The van der Waals surface area contributed by atoms with Gasteiger partial charge in [-0.25, -0.2) is 0 Å². The maximum Gasteiger partial charge on any atom is 0.280 e. The van der Waals surface area contributed by atoms with E-state index in [1.807, 2.05) is 23.5 Å². The van der Waals surface area contributed by atoms with E-state index in [9.17, 15) is 0 Å². The van der Waals surface area contributed by atoms with Crippen LogP contribution in [0.5, 0.6) is 0 Å². The van der Waals surface area contributed by atoms with Crippen LogP contribution >= 0.6 is 0 Å². The predicted molar refractivity (Wildman–Crippen MR) is 328 cm³/mol. The largest absolute Gasteiger partial charge is 0.360 e. The van der Waals surface area contributed by atoms with E-state index in [1.54, 1.807) is 0 Å². The molecule has 0 saturated heterocycles. The number of rotatable bonds is 16. The summed E-state index contributed by atoms with van der Waals surface area (Å²) in [5.41, 5.74) is 43.0. The molecule has 6 N–H and O–H groups in total. The minimum atomic E-state index is -0.849. The highest BCUT2D eigenvalue weighted by Crippen LogP contribution is 2.44. The number of aryl methyl sites for hydroxylation is 8. The minimum Gasteiger partial charge on any atom is -0.360 e. The SMILES string of the molecule is Cc1cc(-c2noc(-c3noc4c3CCC(C)(C)C4)n2)cc(C)c1CCC(N)C(CN)(c1c(C)cc(-c2noc(-c3nn(C)c4c3CCC(C)(C)C4)n2)cc1C)C(N)CCc1c(C)cc(-c2noc(-c3nn(C)c4c3CCC(C)(C)C4)n2)cc1C. The Morgan fingerprint density at radius 2 is 0.859 bits per heavy atom. The van der Waals surface area contributed by atoms with E-state index < -0.39 is 17.5 Å². The fourth-order valence-electron chi connectivity index (χ4n) is 14.8. The monoisotopic (exact) mass is 1150 g/mol. The Bertz CT molecular complexity index is 3960. The summed E-state index contributed by atoms with van der Waals surface area (Å²) in [4.78, 5) is 14.8. The van der Waals surface area contributed by atoms with Crippen LogP contribution in [-0.2, 0) is 70.9 Å². The summed E-state index contributed by atoms with van der Waals surface area (Å²) in [5.74, 6) is 3.68. The van der Waals surface area contributed by atoms with Gasteiger partial charge in [-0.3, -0.25) is 9.36 Å². The summed E-state index contributed by atoms with van der Waals surface area (Å²) in [7, 11) is 4.01. The predicted octanol–water partition coefficient (Wildman–Crippen LogP) is 11.8. The van der Waals surface area contributed by atoms with Crippen molar-refractivity contribution in [2.24, 2.45) is 47.5 Å². The number of benzene rings is 3. The normalized spacial score (nSPS) is 17.6. The molecule has 3 aliphatic rings. The van der Waals surface area contributed by atoms with Crippen LogP contribution in [0.15, 0.2) is 54.5 Å². The second-order valence-corrected chi connectivity index (χ2v) is 27.7. The van der Waals surface area contributed by atoms with Crippen molar-refractivity contribution in [3.8, 4) is 68.9 Å². The van der Waals surface area contributed by atoms with Gasteiger partial charge in [-0.2, -0.15) is 25.1 Å². The molecule has 85 heavy (non-hydrogen) atoms. The first-order valence-corrected chi connectivity index (χ1v) is 30.5. The van der Waals surface area contributed by atoms with Crippen molar-refractivity contribution < 1.29 is 18.1 Å². The van der Waals surface area contributed by atoms with Crippen LogP contribution in [0.1, 0.15) is 158 Å². The summed E-state index contributed by atoms with van der Waals surface area (Å²) in [6.07, 6.45) is 11.2. The summed E-state index contributed by atoms with van der Waals surface area (Å²) in [5, 5.41) is 27.6. The second-order valence-electron chi connectivity index (χ2n) is 27.7. The Hall–Kier alpha value is -7.41. The van der Waals surface area contributed by atoms with Gasteiger partial charge in [0.05, 0.1) is 0 Å². The number of fused-ring (bicyclic) bond motifs is 3. The van der Waals surface area contributed by atoms with E-state index in [1.165, 1.54) is 33.6 Å². The van der Waals surface area contributed by atoms with Crippen LogP contribution in [0.25, 0.3) is 68.9 Å². The lowest BCUT2D eigenvalue weighted by Crippen LogP contribution is -2.61.